The molecule has 1 aliphatic rings. The van der Waals surface area contributed by atoms with Crippen LogP contribution in [0.5, 0.6) is 5.75 Å². The van der Waals surface area contributed by atoms with Crippen LogP contribution in [-0.4, -0.2) is 75.0 Å². The quantitative estimate of drug-likeness (QED) is 0.324. The van der Waals surface area contributed by atoms with Crippen LogP contribution in [0.25, 0.3) is 21.5 Å². The molecule has 0 bridgehead atoms. The highest BCUT2D eigenvalue weighted by Crippen LogP contribution is 2.35. The molecule has 200 valence electrons. The van der Waals surface area contributed by atoms with Gasteiger partial charge in [0.1, 0.15) is 34.3 Å². The molecule has 0 saturated heterocycles. The maximum atomic E-state index is 10.3. The van der Waals surface area contributed by atoms with Crippen molar-refractivity contribution < 1.29 is 14.9 Å². The van der Waals surface area contributed by atoms with E-state index in [0.717, 1.165) is 55.4 Å². The summed E-state index contributed by atoms with van der Waals surface area (Å²) in [4.78, 5) is 23.7. The Balaban J connectivity index is 1.54. The molecule has 11 heteroatoms. The summed E-state index contributed by atoms with van der Waals surface area (Å²) < 4.78 is 6.14. The van der Waals surface area contributed by atoms with Crippen LogP contribution in [-0.2, 0) is 19.5 Å². The summed E-state index contributed by atoms with van der Waals surface area (Å²) in [6.07, 6.45) is 1.26. The summed E-state index contributed by atoms with van der Waals surface area (Å²) >= 11 is 1.39. The van der Waals surface area contributed by atoms with Crippen molar-refractivity contribution in [1.82, 2.24) is 24.8 Å². The van der Waals surface area contributed by atoms with Crippen LogP contribution in [0.4, 0.5) is 10.9 Å². The first kappa shape index (κ1) is 26.2. The molecule has 5 rings (SSSR count). The third-order valence-corrected chi connectivity index (χ3v) is 7.49. The minimum absolute atomic E-state index is 0.270. The van der Waals surface area contributed by atoms with E-state index in [2.05, 4.69) is 25.9 Å². The average Bonchev–Trinajstić information content (AvgIpc) is 3.13. The Bertz CT molecular complexity index is 1470. The number of pyridine rings is 1. The summed E-state index contributed by atoms with van der Waals surface area (Å²) in [7, 11) is 3.96. The Kier molecular flexibility index (Phi) is 7.44. The largest absolute Gasteiger partial charge is 0.491 e. The number of fused-ring (bicyclic) bond motifs is 2. The van der Waals surface area contributed by atoms with Crippen molar-refractivity contribution in [2.24, 2.45) is 0 Å². The van der Waals surface area contributed by atoms with Crippen molar-refractivity contribution in [2.75, 3.05) is 44.5 Å². The number of aryl methyl sites for hydroxylation is 2. The first-order chi connectivity index (χ1) is 18.2. The van der Waals surface area contributed by atoms with Gasteiger partial charge in [0.25, 0.3) is 0 Å². The minimum atomic E-state index is -0.886. The van der Waals surface area contributed by atoms with Crippen LogP contribution in [0.1, 0.15) is 28.2 Å². The molecule has 0 amide bonds. The van der Waals surface area contributed by atoms with Crippen molar-refractivity contribution >= 4 is 32.6 Å². The molecule has 0 radical (unpaired) electrons. The minimum Gasteiger partial charge on any atom is -0.491 e. The molecule has 1 atom stereocenters. The number of thiazole rings is 1. The molecule has 0 aliphatic carbocycles. The SMILES string of the molecule is Cc1nc(CN(C)C)nc(N2CCOc3ccc(-c4cnc5sc(N)nc5c4C)cc3C2)c1CC(O)CO. The Labute approximate surface area is 225 Å². The number of aliphatic hydroxyl groups excluding tert-OH is 2. The lowest BCUT2D eigenvalue weighted by Crippen LogP contribution is -2.30. The average molecular weight is 536 g/mol. The van der Waals surface area contributed by atoms with E-state index in [1.54, 1.807) is 0 Å². The molecule has 0 saturated carbocycles. The standard InChI is InChI=1S/C27H33N7O3S/c1-15-21(11-29-26-24(15)32-27(28)38-26)17-5-6-22-18(9-17)12-34(7-8-37-22)25-20(10-19(36)14-35)16(2)30-23(31-25)13-33(3)4/h5-6,9,11,19,35-36H,7-8,10,12-14H2,1-4H3,(H2,28,32). The van der Waals surface area contributed by atoms with Crippen molar-refractivity contribution in [3.8, 4) is 16.9 Å². The summed E-state index contributed by atoms with van der Waals surface area (Å²) in [5, 5.41) is 20.3. The van der Waals surface area contributed by atoms with E-state index < -0.39 is 6.10 Å². The third-order valence-electron chi connectivity index (χ3n) is 6.69. The van der Waals surface area contributed by atoms with Gasteiger partial charge < -0.3 is 30.5 Å². The number of ether oxygens (including phenoxy) is 1. The van der Waals surface area contributed by atoms with Gasteiger partial charge in [-0.3, -0.25) is 0 Å². The summed E-state index contributed by atoms with van der Waals surface area (Å²) in [6.45, 7) is 5.93. The lowest BCUT2D eigenvalue weighted by Gasteiger charge is -2.26. The first-order valence-electron chi connectivity index (χ1n) is 12.6. The number of nitrogens with two attached hydrogens (primary N) is 1. The molecule has 0 fully saturated rings. The van der Waals surface area contributed by atoms with E-state index in [4.69, 9.17) is 15.5 Å². The predicted molar refractivity (Wildman–Crippen MR) is 150 cm³/mol. The van der Waals surface area contributed by atoms with Gasteiger partial charge in [0.05, 0.1) is 25.8 Å². The first-order valence-corrected chi connectivity index (χ1v) is 13.4. The van der Waals surface area contributed by atoms with E-state index in [1.165, 1.54) is 11.3 Å². The summed E-state index contributed by atoms with van der Waals surface area (Å²) in [6, 6.07) is 6.19. The van der Waals surface area contributed by atoms with Gasteiger partial charge in [0.15, 0.2) is 5.13 Å². The van der Waals surface area contributed by atoms with Gasteiger partial charge in [-0.15, -0.1) is 0 Å². The van der Waals surface area contributed by atoms with Crippen LogP contribution < -0.4 is 15.4 Å². The second kappa shape index (κ2) is 10.8. The smallest absolute Gasteiger partial charge is 0.182 e. The molecule has 4 aromatic rings. The number of benzene rings is 1. The summed E-state index contributed by atoms with van der Waals surface area (Å²) in [5.41, 5.74) is 12.5. The molecule has 10 nitrogen and oxygen atoms in total. The predicted octanol–water partition coefficient (Wildman–Crippen LogP) is 2.70. The molecule has 1 aliphatic heterocycles. The number of rotatable bonds is 7. The van der Waals surface area contributed by atoms with Gasteiger partial charge >= 0.3 is 0 Å². The fourth-order valence-electron chi connectivity index (χ4n) is 4.83. The number of aromatic nitrogens is 4. The van der Waals surface area contributed by atoms with Gasteiger partial charge in [0, 0.05) is 41.5 Å². The maximum absolute atomic E-state index is 10.3. The van der Waals surface area contributed by atoms with E-state index in [1.807, 2.05) is 51.2 Å². The van der Waals surface area contributed by atoms with E-state index in [9.17, 15) is 10.2 Å². The van der Waals surface area contributed by atoms with E-state index in [-0.39, 0.29) is 13.0 Å². The molecule has 3 aromatic heterocycles. The Morgan fingerprint density at radius 1 is 1.21 bits per heavy atom. The maximum Gasteiger partial charge on any atom is 0.182 e. The van der Waals surface area contributed by atoms with Crippen molar-refractivity contribution in [3.63, 3.8) is 0 Å². The number of nitrogen functional groups attached to an aromatic ring is 1. The van der Waals surface area contributed by atoms with Crippen LogP contribution >= 0.6 is 11.3 Å². The lowest BCUT2D eigenvalue weighted by atomic mass is 9.99. The zero-order chi connectivity index (χ0) is 27.0. The van der Waals surface area contributed by atoms with Gasteiger partial charge in [-0.1, -0.05) is 17.4 Å². The molecule has 4 heterocycles. The highest BCUT2D eigenvalue weighted by atomic mass is 32.1. The van der Waals surface area contributed by atoms with E-state index in [0.29, 0.717) is 37.2 Å². The number of hydrogen-bond donors (Lipinski definition) is 3. The molecular formula is C27H33N7O3S. The Hall–Kier alpha value is -3.38. The Morgan fingerprint density at radius 3 is 2.79 bits per heavy atom. The Morgan fingerprint density at radius 2 is 2.03 bits per heavy atom. The number of anilines is 2. The van der Waals surface area contributed by atoms with Gasteiger partial charge in [-0.25, -0.2) is 19.9 Å². The number of nitrogens with zero attached hydrogens (tertiary/aromatic N) is 6. The van der Waals surface area contributed by atoms with Crippen molar-refractivity contribution in [2.45, 2.75) is 39.5 Å². The zero-order valence-corrected chi connectivity index (χ0v) is 22.9. The lowest BCUT2D eigenvalue weighted by molar-refractivity contribution is 0.0953. The van der Waals surface area contributed by atoms with Crippen molar-refractivity contribution in [3.05, 3.63) is 52.6 Å². The molecule has 0 spiro atoms. The van der Waals surface area contributed by atoms with Crippen LogP contribution in [0.2, 0.25) is 0 Å². The third kappa shape index (κ3) is 5.28. The van der Waals surface area contributed by atoms with E-state index >= 15 is 0 Å². The topological polar surface area (TPSA) is 134 Å². The van der Waals surface area contributed by atoms with Gasteiger partial charge in [-0.2, -0.15) is 0 Å². The second-order valence-electron chi connectivity index (χ2n) is 9.90. The highest BCUT2D eigenvalue weighted by molar-refractivity contribution is 7.21. The fraction of sp³-hybridized carbons (Fsp3) is 0.407. The highest BCUT2D eigenvalue weighted by Gasteiger charge is 2.24. The number of hydrogen-bond acceptors (Lipinski definition) is 11. The monoisotopic (exact) mass is 535 g/mol. The van der Waals surface area contributed by atoms with Crippen LogP contribution in [0.15, 0.2) is 24.4 Å². The van der Waals surface area contributed by atoms with Crippen LogP contribution in [0, 0.1) is 13.8 Å². The molecule has 1 aromatic carbocycles. The zero-order valence-electron chi connectivity index (χ0n) is 22.1. The normalized spacial score (nSPS) is 14.4. The van der Waals surface area contributed by atoms with Crippen LogP contribution in [0.3, 0.4) is 0 Å². The van der Waals surface area contributed by atoms with Gasteiger partial charge in [-0.05, 0) is 51.2 Å². The fourth-order valence-corrected chi connectivity index (χ4v) is 5.57. The summed E-state index contributed by atoms with van der Waals surface area (Å²) in [5.74, 6) is 2.31. The molecule has 1 unspecified atom stereocenters. The molecular weight excluding hydrogens is 502 g/mol. The number of aliphatic hydroxyl groups is 2. The van der Waals surface area contributed by atoms with Crippen molar-refractivity contribution in [1.29, 1.82) is 0 Å². The second-order valence-corrected chi connectivity index (χ2v) is 10.9. The molecule has 38 heavy (non-hydrogen) atoms. The van der Waals surface area contributed by atoms with Gasteiger partial charge in [0.2, 0.25) is 0 Å². The molecule has 4 N–H and O–H groups in total.